The summed E-state index contributed by atoms with van der Waals surface area (Å²) < 4.78 is 23.4. The molecule has 0 saturated heterocycles. The van der Waals surface area contributed by atoms with Gasteiger partial charge in [-0.25, -0.2) is 0 Å². The maximum absolute atomic E-state index is 6.31. The minimum atomic E-state index is 0.937. The predicted octanol–water partition coefficient (Wildman–Crippen LogP) is 33.1. The largest absolute Gasteiger partial charge is 0.455 e. The Hall–Kier alpha value is -16.8. The lowest BCUT2D eigenvalue weighted by molar-refractivity contribution is 0.673. The van der Waals surface area contributed by atoms with Crippen LogP contribution in [0.15, 0.2) is 465 Å². The molecule has 0 spiro atoms. The first-order valence-electron chi connectivity index (χ1n) is 43.8. The van der Waals surface area contributed by atoms with Crippen LogP contribution >= 0.6 is 11.3 Å². The number of thiophene rings is 1. The third-order valence-corrected chi connectivity index (χ3v) is 27.5. The Morgan fingerprint density at radius 1 is 0.172 bits per heavy atom. The van der Waals surface area contributed by atoms with E-state index >= 15 is 0 Å². The van der Waals surface area contributed by atoms with Crippen molar-refractivity contribution in [2.75, 3.05) is 0 Å². The molecule has 0 saturated carbocycles. The molecule has 30 rings (SSSR count). The highest BCUT2D eigenvalue weighted by Gasteiger charge is 2.25. The minimum Gasteiger partial charge on any atom is -0.455 e. The number of hydrogen-bond donors (Lipinski definition) is 0. The van der Waals surface area contributed by atoms with Gasteiger partial charge in [0.05, 0.1) is 82.6 Å². The molecule has 0 atom stereocenters. The molecule has 0 fully saturated rings. The molecule has 128 heavy (non-hydrogen) atoms. The van der Waals surface area contributed by atoms with Crippen molar-refractivity contribution in [2.24, 2.45) is 0 Å². The second kappa shape index (κ2) is 29.5. The highest BCUT2D eigenvalue weighted by atomic mass is 32.1. The van der Waals surface area contributed by atoms with Crippen LogP contribution in [0.2, 0.25) is 0 Å². The van der Waals surface area contributed by atoms with E-state index in [1.807, 2.05) is 23.5 Å². The molecule has 10 aromatic heterocycles. The molecule has 7 nitrogen and oxygen atoms in total. The Kier molecular flexibility index (Phi) is 16.8. The number of nitrogens with zero attached hydrogens (tertiary/aromatic N) is 6. The number of furan rings is 1. The molecule has 0 N–H and O–H groups in total. The Labute approximate surface area is 738 Å². The number of hydrogen-bond acceptors (Lipinski definition) is 2. The van der Waals surface area contributed by atoms with Crippen molar-refractivity contribution < 1.29 is 4.42 Å². The molecule has 10 heterocycles. The topological polar surface area (TPSA) is 41.7 Å². The average Bonchev–Trinajstić information content (AvgIpc) is 1.55. The summed E-state index contributed by atoms with van der Waals surface area (Å²) in [5.74, 6) is 0. The van der Waals surface area contributed by atoms with Gasteiger partial charge in [0, 0.05) is 134 Å². The van der Waals surface area contributed by atoms with Crippen molar-refractivity contribution >= 4 is 217 Å². The molecule has 0 unspecified atom stereocenters. The number of aromatic nitrogens is 6. The summed E-state index contributed by atoms with van der Waals surface area (Å²) in [6, 6.07) is 165. The summed E-state index contributed by atoms with van der Waals surface area (Å²) in [6.45, 7) is 0. The highest BCUT2D eigenvalue weighted by molar-refractivity contribution is 7.26. The number of para-hydroxylation sites is 14. The van der Waals surface area contributed by atoms with Gasteiger partial charge in [-0.1, -0.05) is 315 Å². The predicted molar refractivity (Wildman–Crippen MR) is 544 cm³/mol. The molecule has 8 heteroatoms. The molecule has 0 radical (unpaired) electrons. The van der Waals surface area contributed by atoms with Gasteiger partial charge >= 0.3 is 0 Å². The molecule has 0 bridgehead atoms. The van der Waals surface area contributed by atoms with Gasteiger partial charge in [-0.3, -0.25) is 0 Å². The summed E-state index contributed by atoms with van der Waals surface area (Å²) in [5, 5.41) is 26.0. The zero-order chi connectivity index (χ0) is 84.0. The highest BCUT2D eigenvalue weighted by Crippen LogP contribution is 2.48. The van der Waals surface area contributed by atoms with Crippen LogP contribution < -0.4 is 0 Å². The third-order valence-electron chi connectivity index (χ3n) is 26.3. The Balaban J connectivity index is 0.0000000853. The van der Waals surface area contributed by atoms with E-state index in [2.05, 4.69) is 476 Å². The second-order valence-corrected chi connectivity index (χ2v) is 34.3. The number of benzene rings is 20. The van der Waals surface area contributed by atoms with Gasteiger partial charge in [-0.15, -0.1) is 11.3 Å². The fourth-order valence-electron chi connectivity index (χ4n) is 21.0. The Bertz CT molecular complexity index is 9190. The van der Waals surface area contributed by atoms with Crippen molar-refractivity contribution in [3.8, 4) is 33.9 Å². The second-order valence-electron chi connectivity index (χ2n) is 33.2. The van der Waals surface area contributed by atoms with E-state index in [-0.39, 0.29) is 0 Å². The number of fused-ring (bicyclic) bond motifs is 33. The van der Waals surface area contributed by atoms with Gasteiger partial charge in [0.25, 0.3) is 0 Å². The van der Waals surface area contributed by atoms with E-state index in [1.165, 1.54) is 223 Å². The van der Waals surface area contributed by atoms with Crippen LogP contribution in [0.25, 0.3) is 239 Å². The summed E-state index contributed by atoms with van der Waals surface area (Å²) >= 11 is 1.90. The van der Waals surface area contributed by atoms with Crippen LogP contribution in [0.1, 0.15) is 0 Å². The molecule has 598 valence electrons. The van der Waals surface area contributed by atoms with Gasteiger partial charge in [0.2, 0.25) is 0 Å². The van der Waals surface area contributed by atoms with E-state index in [1.54, 1.807) is 0 Å². The molecule has 0 aliphatic carbocycles. The SMILES string of the molecule is c1ccc(-c2cc3c4ccccc4n4c5ccccc5c(c2)c34)cc1.c1ccc(-n2c3ccccc3c3c2ccc2c4ccccc4n(-c4ccccc4)c23)cc1.c1ccc(-n2c3ccccc3c3c4oc5ccccc5c4ccc32)cc1.c1ccc(-n2c3ccccc3c3c4sc5ccccc5c4ccc32)cc1.c1ccc2c(c1)c1cccc3c4ccccc4n2c13. The van der Waals surface area contributed by atoms with E-state index < -0.39 is 0 Å². The minimum absolute atomic E-state index is 0.937. The molecular weight excluding hydrogens is 1570 g/mol. The molecular formula is C120H76N6OS. The molecule has 20 aromatic carbocycles. The maximum Gasteiger partial charge on any atom is 0.145 e. The van der Waals surface area contributed by atoms with E-state index in [0.29, 0.717) is 0 Å². The van der Waals surface area contributed by atoms with E-state index in [4.69, 9.17) is 4.42 Å². The zero-order valence-electron chi connectivity index (χ0n) is 69.4. The summed E-state index contributed by atoms with van der Waals surface area (Å²) in [5.41, 5.74) is 26.9. The van der Waals surface area contributed by atoms with Crippen LogP contribution in [0.3, 0.4) is 0 Å². The molecule has 0 aliphatic heterocycles. The normalized spacial score (nSPS) is 11.9. The monoisotopic (exact) mass is 1650 g/mol. The van der Waals surface area contributed by atoms with Crippen LogP contribution in [0.4, 0.5) is 0 Å². The lowest BCUT2D eigenvalue weighted by Crippen LogP contribution is -1.95. The van der Waals surface area contributed by atoms with E-state index in [0.717, 1.165) is 16.9 Å². The van der Waals surface area contributed by atoms with Gasteiger partial charge < -0.3 is 31.5 Å². The summed E-state index contributed by atoms with van der Waals surface area (Å²) in [4.78, 5) is 0. The maximum atomic E-state index is 6.31. The lowest BCUT2D eigenvalue weighted by atomic mass is 9.99. The smallest absolute Gasteiger partial charge is 0.145 e. The van der Waals surface area contributed by atoms with Gasteiger partial charge in [0.15, 0.2) is 0 Å². The van der Waals surface area contributed by atoms with Gasteiger partial charge in [-0.05, 0) is 157 Å². The van der Waals surface area contributed by atoms with Gasteiger partial charge in [0.1, 0.15) is 11.2 Å². The lowest BCUT2D eigenvalue weighted by Gasteiger charge is -2.09. The quantitative estimate of drug-likeness (QED) is 0.169. The first-order valence-corrected chi connectivity index (χ1v) is 44.6. The van der Waals surface area contributed by atoms with E-state index in [9.17, 15) is 0 Å². The van der Waals surface area contributed by atoms with Crippen LogP contribution in [0, 0.1) is 0 Å². The first-order chi connectivity index (χ1) is 63.6. The van der Waals surface area contributed by atoms with Gasteiger partial charge in [-0.2, -0.15) is 0 Å². The Morgan fingerprint density at radius 2 is 0.484 bits per heavy atom. The van der Waals surface area contributed by atoms with Crippen molar-refractivity contribution in [1.29, 1.82) is 0 Å². The fraction of sp³-hybridized carbons (Fsp3) is 0. The van der Waals surface area contributed by atoms with Crippen LogP contribution in [-0.4, -0.2) is 27.1 Å². The van der Waals surface area contributed by atoms with Crippen molar-refractivity contribution in [3.05, 3.63) is 461 Å². The average molecular weight is 1650 g/mol. The third kappa shape index (κ3) is 11.2. The summed E-state index contributed by atoms with van der Waals surface area (Å²) in [7, 11) is 0. The van der Waals surface area contributed by atoms with Crippen molar-refractivity contribution in [3.63, 3.8) is 0 Å². The summed E-state index contributed by atoms with van der Waals surface area (Å²) in [6.07, 6.45) is 0. The van der Waals surface area contributed by atoms with Crippen LogP contribution in [-0.2, 0) is 0 Å². The van der Waals surface area contributed by atoms with Crippen molar-refractivity contribution in [1.82, 2.24) is 27.1 Å². The van der Waals surface area contributed by atoms with Crippen LogP contribution in [0.5, 0.6) is 0 Å². The zero-order valence-corrected chi connectivity index (χ0v) is 70.2. The Morgan fingerprint density at radius 3 is 0.969 bits per heavy atom. The first kappa shape index (κ1) is 72.8. The number of rotatable bonds is 5. The molecule has 0 amide bonds. The molecule has 0 aliphatic rings. The molecule has 30 aromatic rings. The van der Waals surface area contributed by atoms with Crippen molar-refractivity contribution in [2.45, 2.75) is 0 Å². The fourth-order valence-corrected chi connectivity index (χ4v) is 22.3. The standard InChI is InChI=1S/C30H20N2.C24H15NO.C24H15NS.C24H15N.C18H11N/c1-3-11-21(12-4-1)31-27-18-10-8-16-25(27)29-28(31)20-19-24-23-15-7-9-17-26(23)32(30(24)29)22-13-5-2-6-14-22;2*1-2-8-16(9-3-1)25-20-12-6-4-11-19(20)23-21(25)15-14-18-17-10-5-7-13-22(17)26-24(18)23;1-2-8-16(9-3-1)17-14-20-18-10-4-6-12-22(18)25-23-13-7-5-11-19(23)21(15-17)24(20)25;1-3-10-16-12(6-1)14-8-5-9-15-13-7-2-4-11-17(13)19(16)18(14)15/h1-20H;2*1-15H;1-15H;1-11H.